The first-order chi connectivity index (χ1) is 8.59. The van der Waals surface area contributed by atoms with Gasteiger partial charge in [-0.2, -0.15) is 13.2 Å². The summed E-state index contributed by atoms with van der Waals surface area (Å²) >= 11 is 0. The van der Waals surface area contributed by atoms with Crippen molar-refractivity contribution < 1.29 is 21.6 Å². The monoisotopic (exact) mass is 296 g/mol. The van der Waals surface area contributed by atoms with Gasteiger partial charge >= 0.3 is 6.18 Å². The highest BCUT2D eigenvalue weighted by molar-refractivity contribution is 7.89. The molecule has 1 unspecified atom stereocenters. The lowest BCUT2D eigenvalue weighted by atomic mass is 10.1. The fraction of sp³-hybridized carbons (Fsp3) is 0.455. The van der Waals surface area contributed by atoms with E-state index in [0.29, 0.717) is 5.56 Å². The maximum absolute atomic E-state index is 12.4. The molecule has 0 heterocycles. The smallest absolute Gasteiger partial charge is 0.309 e. The molecule has 0 saturated carbocycles. The number of halogens is 3. The number of nitrogens with two attached hydrogens (primary N) is 1. The molecule has 1 atom stereocenters. The van der Waals surface area contributed by atoms with Gasteiger partial charge < -0.3 is 5.32 Å². The lowest BCUT2D eigenvalue weighted by Gasteiger charge is -2.15. The second-order valence-electron chi connectivity index (χ2n) is 4.16. The van der Waals surface area contributed by atoms with E-state index in [1.807, 2.05) is 0 Å². The van der Waals surface area contributed by atoms with Crippen LogP contribution in [0.2, 0.25) is 0 Å². The van der Waals surface area contributed by atoms with Crippen molar-refractivity contribution in [3.05, 3.63) is 35.4 Å². The topological polar surface area (TPSA) is 72.2 Å². The van der Waals surface area contributed by atoms with Gasteiger partial charge in [-0.25, -0.2) is 13.6 Å². The van der Waals surface area contributed by atoms with E-state index in [4.69, 9.17) is 5.14 Å². The van der Waals surface area contributed by atoms with Gasteiger partial charge in [0, 0.05) is 12.6 Å². The summed E-state index contributed by atoms with van der Waals surface area (Å²) in [6, 6.07) is 4.44. The van der Waals surface area contributed by atoms with Crippen LogP contribution in [-0.2, 0) is 16.2 Å². The van der Waals surface area contributed by atoms with Crippen LogP contribution in [0.15, 0.2) is 24.3 Å². The molecule has 0 aliphatic heterocycles. The molecule has 1 rings (SSSR count). The first kappa shape index (κ1) is 15.9. The minimum Gasteiger partial charge on any atom is -0.309 e. The van der Waals surface area contributed by atoms with Crippen molar-refractivity contribution >= 4 is 10.0 Å². The molecule has 0 aliphatic carbocycles. The highest BCUT2D eigenvalue weighted by Crippen LogP contribution is 2.29. The van der Waals surface area contributed by atoms with Crippen molar-refractivity contribution in [1.29, 1.82) is 0 Å². The second kappa shape index (κ2) is 5.89. The number of alkyl halides is 3. The van der Waals surface area contributed by atoms with Crippen LogP contribution in [0.25, 0.3) is 0 Å². The van der Waals surface area contributed by atoms with Crippen molar-refractivity contribution in [3.63, 3.8) is 0 Å². The van der Waals surface area contributed by atoms with E-state index in [9.17, 15) is 21.6 Å². The third kappa shape index (κ3) is 5.58. The van der Waals surface area contributed by atoms with Crippen molar-refractivity contribution in [1.82, 2.24) is 5.32 Å². The highest BCUT2D eigenvalue weighted by atomic mass is 32.2. The fourth-order valence-corrected chi connectivity index (χ4v) is 1.90. The number of nitrogens with one attached hydrogen (secondary N) is 1. The van der Waals surface area contributed by atoms with Crippen LogP contribution in [0.5, 0.6) is 0 Å². The maximum atomic E-state index is 12.4. The van der Waals surface area contributed by atoms with Crippen LogP contribution in [0, 0.1) is 0 Å². The minimum atomic E-state index is -4.36. The van der Waals surface area contributed by atoms with Crippen molar-refractivity contribution in [2.75, 3.05) is 12.3 Å². The van der Waals surface area contributed by atoms with E-state index in [1.54, 1.807) is 6.92 Å². The van der Waals surface area contributed by atoms with Crippen LogP contribution < -0.4 is 10.5 Å². The molecular weight excluding hydrogens is 281 g/mol. The second-order valence-corrected chi connectivity index (χ2v) is 5.90. The Hall–Kier alpha value is -1.12. The molecule has 0 spiro atoms. The molecule has 108 valence electrons. The molecule has 8 heteroatoms. The Labute approximate surface area is 109 Å². The number of hydrogen-bond donors (Lipinski definition) is 2. The zero-order valence-corrected chi connectivity index (χ0v) is 11.1. The Morgan fingerprint density at radius 2 is 1.79 bits per heavy atom. The Morgan fingerprint density at radius 1 is 1.26 bits per heavy atom. The van der Waals surface area contributed by atoms with Crippen LogP contribution in [0.1, 0.15) is 24.1 Å². The molecule has 0 aliphatic rings. The standard InChI is InChI=1S/C11H15F3N2O2S/c1-8(16-6-7-19(15,17)18)9-2-4-10(5-3-9)11(12,13)14/h2-5,8,16H,6-7H2,1H3,(H2,15,17,18). The van der Waals surface area contributed by atoms with E-state index < -0.39 is 21.8 Å². The zero-order chi connectivity index (χ0) is 14.7. The molecule has 0 fully saturated rings. The average molecular weight is 296 g/mol. The molecule has 4 nitrogen and oxygen atoms in total. The SMILES string of the molecule is CC(NCCS(N)(=O)=O)c1ccc(C(F)(F)F)cc1. The summed E-state index contributed by atoms with van der Waals surface area (Å²) in [7, 11) is -3.54. The number of rotatable bonds is 5. The van der Waals surface area contributed by atoms with Crippen molar-refractivity contribution in [2.45, 2.75) is 19.1 Å². The Morgan fingerprint density at radius 3 is 2.21 bits per heavy atom. The maximum Gasteiger partial charge on any atom is 0.416 e. The summed E-state index contributed by atoms with van der Waals surface area (Å²) in [6.07, 6.45) is -4.36. The first-order valence-corrected chi connectivity index (χ1v) is 7.22. The Kier molecular flexibility index (Phi) is 4.94. The lowest BCUT2D eigenvalue weighted by molar-refractivity contribution is -0.137. The molecule has 0 amide bonds. The van der Waals surface area contributed by atoms with Gasteiger partial charge in [0.1, 0.15) is 0 Å². The van der Waals surface area contributed by atoms with E-state index in [-0.39, 0.29) is 18.3 Å². The molecule has 0 radical (unpaired) electrons. The predicted octanol–water partition coefficient (Wildman–Crippen LogP) is 1.64. The van der Waals surface area contributed by atoms with Gasteiger partial charge in [-0.1, -0.05) is 12.1 Å². The average Bonchev–Trinajstić information content (AvgIpc) is 2.26. The highest BCUT2D eigenvalue weighted by Gasteiger charge is 2.30. The van der Waals surface area contributed by atoms with Crippen LogP contribution in [-0.4, -0.2) is 20.7 Å². The van der Waals surface area contributed by atoms with E-state index in [1.165, 1.54) is 12.1 Å². The van der Waals surface area contributed by atoms with Crippen molar-refractivity contribution in [3.8, 4) is 0 Å². The van der Waals surface area contributed by atoms with E-state index >= 15 is 0 Å². The fourth-order valence-electron chi connectivity index (χ4n) is 1.50. The third-order valence-electron chi connectivity index (χ3n) is 2.58. The molecule has 0 bridgehead atoms. The first-order valence-electron chi connectivity index (χ1n) is 5.50. The number of hydrogen-bond acceptors (Lipinski definition) is 3. The number of benzene rings is 1. The van der Waals surface area contributed by atoms with Crippen LogP contribution in [0.4, 0.5) is 13.2 Å². The minimum absolute atomic E-state index is 0.140. The molecule has 0 aromatic heterocycles. The number of primary sulfonamides is 1. The molecule has 3 N–H and O–H groups in total. The Balaban J connectivity index is 2.61. The third-order valence-corrected chi connectivity index (χ3v) is 3.35. The summed E-state index contributed by atoms with van der Waals surface area (Å²) in [5.41, 5.74) is -0.0737. The van der Waals surface area contributed by atoms with Gasteiger partial charge in [0.15, 0.2) is 0 Å². The van der Waals surface area contributed by atoms with E-state index in [2.05, 4.69) is 5.32 Å². The van der Waals surface area contributed by atoms with Gasteiger partial charge in [-0.05, 0) is 24.6 Å². The van der Waals surface area contributed by atoms with Gasteiger partial charge in [-0.15, -0.1) is 0 Å². The van der Waals surface area contributed by atoms with Crippen LogP contribution >= 0.6 is 0 Å². The molecule has 0 saturated heterocycles. The van der Waals surface area contributed by atoms with Crippen LogP contribution in [0.3, 0.4) is 0 Å². The van der Waals surface area contributed by atoms with Gasteiger partial charge in [0.25, 0.3) is 0 Å². The quantitative estimate of drug-likeness (QED) is 0.867. The largest absolute Gasteiger partial charge is 0.416 e. The summed E-state index contributed by atoms with van der Waals surface area (Å²) < 4.78 is 58.5. The molecule has 19 heavy (non-hydrogen) atoms. The zero-order valence-electron chi connectivity index (χ0n) is 10.2. The lowest BCUT2D eigenvalue weighted by Crippen LogP contribution is -2.28. The normalized spacial score (nSPS) is 14.4. The van der Waals surface area contributed by atoms with Gasteiger partial charge in [0.2, 0.25) is 10.0 Å². The van der Waals surface area contributed by atoms with Gasteiger partial charge in [0.05, 0.1) is 11.3 Å². The van der Waals surface area contributed by atoms with E-state index in [0.717, 1.165) is 12.1 Å². The molecular formula is C11H15F3N2O2S. The number of sulfonamides is 1. The summed E-state index contributed by atoms with van der Waals surface area (Å²) in [5.74, 6) is -0.224. The summed E-state index contributed by atoms with van der Waals surface area (Å²) in [5, 5.41) is 7.71. The van der Waals surface area contributed by atoms with Gasteiger partial charge in [-0.3, -0.25) is 0 Å². The molecule has 1 aromatic carbocycles. The summed E-state index contributed by atoms with van der Waals surface area (Å²) in [4.78, 5) is 0. The Bertz CT molecular complexity index is 512. The summed E-state index contributed by atoms with van der Waals surface area (Å²) in [6.45, 7) is 1.87. The molecule has 1 aromatic rings. The van der Waals surface area contributed by atoms with Crippen molar-refractivity contribution in [2.24, 2.45) is 5.14 Å². The predicted molar refractivity (Wildman–Crippen MR) is 65.8 cm³/mol.